The van der Waals surface area contributed by atoms with Gasteiger partial charge >= 0.3 is 5.97 Å². The van der Waals surface area contributed by atoms with E-state index < -0.39 is 11.5 Å². The van der Waals surface area contributed by atoms with Crippen LogP contribution in [0.5, 0.6) is 5.88 Å². The normalized spacial score (nSPS) is 11.1. The van der Waals surface area contributed by atoms with Crippen LogP contribution in [-0.2, 0) is 4.79 Å². The average Bonchev–Trinajstić information content (AvgIpc) is 2.42. The number of anilines is 1. The number of ether oxygens (including phenoxy) is 1. The molecule has 0 spiro atoms. The van der Waals surface area contributed by atoms with Crippen LogP contribution in [0.1, 0.15) is 40.0 Å². The van der Waals surface area contributed by atoms with Crippen molar-refractivity contribution in [1.29, 1.82) is 0 Å². The molecule has 1 rings (SSSR count). The molecule has 1 aromatic rings. The van der Waals surface area contributed by atoms with Gasteiger partial charge in [-0.15, -0.1) is 0 Å². The Labute approximate surface area is 113 Å². The second-order valence-corrected chi connectivity index (χ2v) is 4.31. The molecule has 19 heavy (non-hydrogen) atoms. The zero-order valence-electron chi connectivity index (χ0n) is 11.6. The number of aromatic nitrogens is 2. The smallest absolute Gasteiger partial charge is 0.329 e. The van der Waals surface area contributed by atoms with Crippen molar-refractivity contribution >= 4 is 11.8 Å². The quantitative estimate of drug-likeness (QED) is 0.752. The Morgan fingerprint density at radius 3 is 2.58 bits per heavy atom. The number of carboxylic acid groups (broad SMARTS) is 1. The van der Waals surface area contributed by atoms with Gasteiger partial charge in [0, 0.05) is 6.07 Å². The first kappa shape index (κ1) is 15.2. The van der Waals surface area contributed by atoms with Crippen molar-refractivity contribution in [3.05, 3.63) is 12.4 Å². The second-order valence-electron chi connectivity index (χ2n) is 4.31. The molecular weight excluding hydrogens is 246 g/mol. The number of nitrogens with zero attached hydrogens (tertiary/aromatic N) is 2. The Morgan fingerprint density at radius 1 is 1.37 bits per heavy atom. The molecule has 2 N–H and O–H groups in total. The molecule has 0 amide bonds. The Kier molecular flexibility index (Phi) is 5.54. The summed E-state index contributed by atoms with van der Waals surface area (Å²) in [7, 11) is 0. The molecule has 0 unspecified atom stereocenters. The van der Waals surface area contributed by atoms with Gasteiger partial charge in [-0.3, -0.25) is 0 Å². The van der Waals surface area contributed by atoms with Crippen molar-refractivity contribution in [3.63, 3.8) is 0 Å². The number of hydrogen-bond donors (Lipinski definition) is 2. The van der Waals surface area contributed by atoms with Crippen LogP contribution < -0.4 is 10.1 Å². The van der Waals surface area contributed by atoms with Crippen LogP contribution in [0.2, 0.25) is 0 Å². The Hall–Kier alpha value is -1.85. The third-order valence-corrected chi connectivity index (χ3v) is 3.08. The highest BCUT2D eigenvalue weighted by Crippen LogP contribution is 2.22. The lowest BCUT2D eigenvalue weighted by Gasteiger charge is -2.28. The maximum atomic E-state index is 11.4. The summed E-state index contributed by atoms with van der Waals surface area (Å²) in [5, 5.41) is 12.3. The minimum atomic E-state index is -1.00. The molecule has 0 bridgehead atoms. The van der Waals surface area contributed by atoms with Crippen LogP contribution in [-0.4, -0.2) is 33.2 Å². The molecule has 0 saturated heterocycles. The van der Waals surface area contributed by atoms with Gasteiger partial charge in [-0.05, 0) is 19.3 Å². The van der Waals surface area contributed by atoms with Crippen LogP contribution in [0.3, 0.4) is 0 Å². The lowest BCUT2D eigenvalue weighted by Crippen LogP contribution is -2.45. The second kappa shape index (κ2) is 6.92. The molecule has 0 aliphatic carbocycles. The lowest BCUT2D eigenvalue weighted by molar-refractivity contribution is -0.142. The zero-order valence-corrected chi connectivity index (χ0v) is 11.6. The maximum absolute atomic E-state index is 11.4. The van der Waals surface area contributed by atoms with E-state index in [0.717, 1.165) is 6.42 Å². The summed E-state index contributed by atoms with van der Waals surface area (Å²) < 4.78 is 5.40. The Balaban J connectivity index is 2.88. The third kappa shape index (κ3) is 3.81. The molecule has 0 saturated carbocycles. The number of aliphatic carboxylic acids is 1. The van der Waals surface area contributed by atoms with E-state index in [4.69, 9.17) is 4.74 Å². The molecule has 106 valence electrons. The standard InChI is InChI=1S/C13H21N3O3/c1-4-7-19-11-8-10(14-9-15-11)16-13(5-2,6-3)12(17)18/h8-9H,4-7H2,1-3H3,(H,17,18)(H,14,15,16). The van der Waals surface area contributed by atoms with Crippen molar-refractivity contribution in [2.45, 2.75) is 45.6 Å². The summed E-state index contributed by atoms with van der Waals surface area (Å²) in [4.78, 5) is 19.4. The van der Waals surface area contributed by atoms with Crippen molar-refractivity contribution in [1.82, 2.24) is 9.97 Å². The first-order valence-corrected chi connectivity index (χ1v) is 6.54. The van der Waals surface area contributed by atoms with Crippen LogP contribution in [0.25, 0.3) is 0 Å². The van der Waals surface area contributed by atoms with Crippen LogP contribution in [0, 0.1) is 0 Å². The van der Waals surface area contributed by atoms with Gasteiger partial charge in [0.15, 0.2) is 0 Å². The van der Waals surface area contributed by atoms with Gasteiger partial charge in [-0.1, -0.05) is 20.8 Å². The van der Waals surface area contributed by atoms with E-state index in [9.17, 15) is 9.90 Å². The summed E-state index contributed by atoms with van der Waals surface area (Å²) in [6, 6.07) is 1.62. The zero-order chi connectivity index (χ0) is 14.3. The fraction of sp³-hybridized carbons (Fsp3) is 0.615. The molecule has 6 heteroatoms. The van der Waals surface area contributed by atoms with Crippen molar-refractivity contribution in [3.8, 4) is 5.88 Å². The van der Waals surface area contributed by atoms with Crippen molar-refractivity contribution in [2.24, 2.45) is 0 Å². The predicted molar refractivity (Wildman–Crippen MR) is 72.4 cm³/mol. The largest absolute Gasteiger partial charge is 0.480 e. The highest BCUT2D eigenvalue weighted by molar-refractivity contribution is 5.82. The number of nitrogens with one attached hydrogen (secondary N) is 1. The predicted octanol–water partition coefficient (Wildman–Crippen LogP) is 2.32. The molecule has 0 radical (unpaired) electrons. The van der Waals surface area contributed by atoms with Gasteiger partial charge in [0.05, 0.1) is 6.61 Å². The molecule has 1 aromatic heterocycles. The molecule has 1 heterocycles. The highest BCUT2D eigenvalue weighted by atomic mass is 16.5. The van der Waals surface area contributed by atoms with Gasteiger partial charge in [0.1, 0.15) is 17.7 Å². The van der Waals surface area contributed by atoms with E-state index >= 15 is 0 Å². The number of rotatable bonds is 8. The summed E-state index contributed by atoms with van der Waals surface area (Å²) in [6.45, 7) is 6.24. The monoisotopic (exact) mass is 267 g/mol. The van der Waals surface area contributed by atoms with Gasteiger partial charge in [-0.2, -0.15) is 0 Å². The van der Waals surface area contributed by atoms with E-state index in [1.807, 2.05) is 20.8 Å². The topological polar surface area (TPSA) is 84.3 Å². The van der Waals surface area contributed by atoms with Crippen LogP contribution in [0.4, 0.5) is 5.82 Å². The van der Waals surface area contributed by atoms with Crippen LogP contribution in [0.15, 0.2) is 12.4 Å². The van der Waals surface area contributed by atoms with E-state index in [-0.39, 0.29) is 0 Å². The lowest BCUT2D eigenvalue weighted by atomic mass is 9.93. The minimum Gasteiger partial charge on any atom is -0.480 e. The van der Waals surface area contributed by atoms with E-state index in [1.165, 1.54) is 6.33 Å². The average molecular weight is 267 g/mol. The third-order valence-electron chi connectivity index (χ3n) is 3.08. The van der Waals surface area contributed by atoms with E-state index in [2.05, 4.69) is 15.3 Å². The molecule has 6 nitrogen and oxygen atoms in total. The fourth-order valence-electron chi connectivity index (χ4n) is 1.72. The van der Waals surface area contributed by atoms with Gasteiger partial charge in [-0.25, -0.2) is 14.8 Å². The van der Waals surface area contributed by atoms with E-state index in [0.29, 0.717) is 31.1 Å². The minimum absolute atomic E-state index is 0.450. The summed E-state index contributed by atoms with van der Waals surface area (Å²) in [5.74, 6) is 0.0326. The molecule has 0 atom stereocenters. The summed E-state index contributed by atoms with van der Waals surface area (Å²) in [6.07, 6.45) is 3.18. The van der Waals surface area contributed by atoms with Crippen molar-refractivity contribution in [2.75, 3.05) is 11.9 Å². The Bertz CT molecular complexity index is 419. The molecular formula is C13H21N3O3. The summed E-state index contributed by atoms with van der Waals surface area (Å²) >= 11 is 0. The summed E-state index contributed by atoms with van der Waals surface area (Å²) in [5.41, 5.74) is -1.00. The van der Waals surface area contributed by atoms with Crippen molar-refractivity contribution < 1.29 is 14.6 Å². The number of carbonyl (C=O) groups is 1. The maximum Gasteiger partial charge on any atom is 0.329 e. The Morgan fingerprint density at radius 2 is 2.05 bits per heavy atom. The molecule has 0 aliphatic heterocycles. The first-order valence-electron chi connectivity index (χ1n) is 6.54. The van der Waals surface area contributed by atoms with Gasteiger partial charge in [0.2, 0.25) is 5.88 Å². The fourth-order valence-corrected chi connectivity index (χ4v) is 1.72. The van der Waals surface area contributed by atoms with E-state index in [1.54, 1.807) is 6.07 Å². The van der Waals surface area contributed by atoms with Gasteiger partial charge in [0.25, 0.3) is 0 Å². The highest BCUT2D eigenvalue weighted by Gasteiger charge is 2.35. The molecule has 0 fully saturated rings. The number of hydrogen-bond acceptors (Lipinski definition) is 5. The van der Waals surface area contributed by atoms with Gasteiger partial charge < -0.3 is 15.2 Å². The molecule has 0 aromatic carbocycles. The first-order chi connectivity index (χ1) is 9.07. The molecule has 0 aliphatic rings. The SMILES string of the molecule is CCCOc1cc(NC(CC)(CC)C(=O)O)ncn1. The van der Waals surface area contributed by atoms with Crippen LogP contribution >= 0.6 is 0 Å². The number of carboxylic acids is 1.